The summed E-state index contributed by atoms with van der Waals surface area (Å²) in [6.07, 6.45) is 0.859. The van der Waals surface area contributed by atoms with Crippen molar-refractivity contribution in [2.45, 2.75) is 13.3 Å². The average molecular weight is 323 g/mol. The third kappa shape index (κ3) is 3.17. The van der Waals surface area contributed by atoms with Gasteiger partial charge in [0.25, 0.3) is 5.91 Å². The largest absolute Gasteiger partial charge is 0.444 e. The van der Waals surface area contributed by atoms with Crippen LogP contribution in [0.5, 0.6) is 0 Å². The normalized spacial score (nSPS) is 10.4. The van der Waals surface area contributed by atoms with Gasteiger partial charge in [-0.1, -0.05) is 6.92 Å². The highest BCUT2D eigenvalue weighted by atomic mass is 79.9. The van der Waals surface area contributed by atoms with Crippen molar-refractivity contribution >= 4 is 33.2 Å². The van der Waals surface area contributed by atoms with E-state index in [0.717, 1.165) is 12.1 Å². The Morgan fingerprint density at radius 3 is 2.47 bits per heavy atom. The van der Waals surface area contributed by atoms with E-state index in [1.807, 2.05) is 19.1 Å². The lowest BCUT2D eigenvalue weighted by Crippen LogP contribution is -2.31. The van der Waals surface area contributed by atoms with Gasteiger partial charge >= 0.3 is 0 Å². The first-order chi connectivity index (χ1) is 9.11. The minimum Gasteiger partial charge on any atom is -0.444 e. The molecule has 2 aromatic rings. The lowest BCUT2D eigenvalue weighted by Gasteiger charge is -2.21. The zero-order valence-corrected chi connectivity index (χ0v) is 12.2. The van der Waals surface area contributed by atoms with E-state index in [1.165, 1.54) is 0 Å². The molecule has 1 amide bonds. The van der Waals surface area contributed by atoms with Crippen LogP contribution in [0.3, 0.4) is 0 Å². The highest BCUT2D eigenvalue weighted by Crippen LogP contribution is 2.21. The molecule has 1 aromatic carbocycles. The topological polar surface area (TPSA) is 59.5 Å². The van der Waals surface area contributed by atoms with E-state index < -0.39 is 0 Å². The smallest absolute Gasteiger partial charge is 0.294 e. The summed E-state index contributed by atoms with van der Waals surface area (Å²) in [5.41, 5.74) is 7.15. The van der Waals surface area contributed by atoms with Gasteiger partial charge in [0.05, 0.1) is 0 Å². The van der Waals surface area contributed by atoms with Crippen LogP contribution in [0.1, 0.15) is 23.9 Å². The Hall–Kier alpha value is -1.75. The molecule has 0 saturated carbocycles. The zero-order chi connectivity index (χ0) is 13.8. The summed E-state index contributed by atoms with van der Waals surface area (Å²) in [4.78, 5) is 14.1. The van der Waals surface area contributed by atoms with E-state index in [9.17, 15) is 4.79 Å². The van der Waals surface area contributed by atoms with Crippen LogP contribution in [-0.4, -0.2) is 12.5 Å². The Morgan fingerprint density at radius 1 is 1.26 bits per heavy atom. The average Bonchev–Trinajstić information content (AvgIpc) is 2.83. The van der Waals surface area contributed by atoms with Gasteiger partial charge in [0, 0.05) is 17.9 Å². The first-order valence-corrected chi connectivity index (χ1v) is 6.84. The molecular weight excluding hydrogens is 308 g/mol. The van der Waals surface area contributed by atoms with Crippen LogP contribution in [0.4, 0.5) is 11.4 Å². The maximum absolute atomic E-state index is 12.4. The molecule has 0 aliphatic heterocycles. The Balaban J connectivity index is 2.29. The van der Waals surface area contributed by atoms with Gasteiger partial charge in [0.1, 0.15) is 0 Å². The van der Waals surface area contributed by atoms with Crippen molar-refractivity contribution in [2.75, 3.05) is 17.2 Å². The molecule has 0 spiro atoms. The zero-order valence-electron chi connectivity index (χ0n) is 10.6. The lowest BCUT2D eigenvalue weighted by molar-refractivity contribution is 0.0959. The summed E-state index contributed by atoms with van der Waals surface area (Å²) < 4.78 is 5.86. The summed E-state index contributed by atoms with van der Waals surface area (Å²) in [6, 6.07) is 10.6. The molecule has 19 heavy (non-hydrogen) atoms. The second-order valence-corrected chi connectivity index (χ2v) is 4.93. The van der Waals surface area contributed by atoms with Gasteiger partial charge in [-0.25, -0.2) is 0 Å². The van der Waals surface area contributed by atoms with Gasteiger partial charge in [0.15, 0.2) is 10.4 Å². The number of nitrogens with two attached hydrogens (primary N) is 1. The molecule has 0 bridgehead atoms. The Morgan fingerprint density at radius 2 is 1.95 bits per heavy atom. The predicted molar refractivity (Wildman–Crippen MR) is 79.2 cm³/mol. The number of benzene rings is 1. The van der Waals surface area contributed by atoms with Gasteiger partial charge in [-0.3, -0.25) is 4.79 Å². The van der Waals surface area contributed by atoms with Gasteiger partial charge in [-0.15, -0.1) is 0 Å². The monoisotopic (exact) mass is 322 g/mol. The van der Waals surface area contributed by atoms with Crippen LogP contribution in [-0.2, 0) is 0 Å². The molecule has 100 valence electrons. The second-order valence-electron chi connectivity index (χ2n) is 4.15. The summed E-state index contributed by atoms with van der Waals surface area (Å²) in [6.45, 7) is 2.65. The van der Waals surface area contributed by atoms with Crippen molar-refractivity contribution in [3.8, 4) is 0 Å². The van der Waals surface area contributed by atoms with Gasteiger partial charge < -0.3 is 15.1 Å². The molecule has 0 unspecified atom stereocenters. The van der Waals surface area contributed by atoms with Crippen LogP contribution in [0.15, 0.2) is 45.5 Å². The highest BCUT2D eigenvalue weighted by Gasteiger charge is 2.19. The number of halogens is 1. The van der Waals surface area contributed by atoms with Crippen molar-refractivity contribution in [3.63, 3.8) is 0 Å². The number of carbonyl (C=O) groups excluding carboxylic acids is 1. The predicted octanol–water partition coefficient (Wildman–Crippen LogP) is 3.68. The van der Waals surface area contributed by atoms with Crippen molar-refractivity contribution in [2.24, 2.45) is 0 Å². The number of carbonyl (C=O) groups is 1. The van der Waals surface area contributed by atoms with E-state index >= 15 is 0 Å². The SMILES string of the molecule is CCCN(C(=O)c1ccc(Br)o1)c1ccc(N)cc1. The van der Waals surface area contributed by atoms with E-state index in [0.29, 0.717) is 22.7 Å². The highest BCUT2D eigenvalue weighted by molar-refractivity contribution is 9.10. The van der Waals surface area contributed by atoms with E-state index in [4.69, 9.17) is 10.2 Å². The fourth-order valence-electron chi connectivity index (χ4n) is 1.79. The molecule has 1 heterocycles. The van der Waals surface area contributed by atoms with Gasteiger partial charge in [-0.2, -0.15) is 0 Å². The Labute approximate surface area is 120 Å². The molecular formula is C14H15BrN2O2. The standard InChI is InChI=1S/C14H15BrN2O2/c1-2-9-17(11-5-3-10(16)4-6-11)14(18)12-7-8-13(15)19-12/h3-8H,2,9,16H2,1H3. The Kier molecular flexibility index (Phi) is 4.27. The molecule has 1 aromatic heterocycles. The first-order valence-electron chi connectivity index (χ1n) is 6.04. The molecule has 2 rings (SSSR count). The maximum atomic E-state index is 12.4. The summed E-state index contributed by atoms with van der Waals surface area (Å²) >= 11 is 3.20. The van der Waals surface area contributed by atoms with E-state index in [2.05, 4.69) is 15.9 Å². The number of furan rings is 1. The third-order valence-corrected chi connectivity index (χ3v) is 3.11. The third-order valence-electron chi connectivity index (χ3n) is 2.68. The van der Waals surface area contributed by atoms with Crippen molar-refractivity contribution in [1.29, 1.82) is 0 Å². The number of rotatable bonds is 4. The second kappa shape index (κ2) is 5.93. The number of anilines is 2. The summed E-state index contributed by atoms with van der Waals surface area (Å²) in [5, 5.41) is 0. The fourth-order valence-corrected chi connectivity index (χ4v) is 2.09. The van der Waals surface area contributed by atoms with E-state index in [-0.39, 0.29) is 5.91 Å². The molecule has 5 heteroatoms. The van der Waals surface area contributed by atoms with Crippen molar-refractivity contribution < 1.29 is 9.21 Å². The molecule has 0 fully saturated rings. The Bertz CT molecular complexity index is 563. The quantitative estimate of drug-likeness (QED) is 0.873. The number of hydrogen-bond donors (Lipinski definition) is 1. The summed E-state index contributed by atoms with van der Waals surface area (Å²) in [7, 11) is 0. The molecule has 0 radical (unpaired) electrons. The van der Waals surface area contributed by atoms with E-state index in [1.54, 1.807) is 29.2 Å². The number of nitrogen functional groups attached to an aromatic ring is 1. The number of hydrogen-bond acceptors (Lipinski definition) is 3. The lowest BCUT2D eigenvalue weighted by atomic mass is 10.2. The number of nitrogens with zero attached hydrogens (tertiary/aromatic N) is 1. The molecule has 0 aliphatic rings. The molecule has 4 nitrogen and oxygen atoms in total. The van der Waals surface area contributed by atoms with Gasteiger partial charge in [0.2, 0.25) is 0 Å². The van der Waals surface area contributed by atoms with Crippen LogP contribution < -0.4 is 10.6 Å². The van der Waals surface area contributed by atoms with Crippen LogP contribution in [0.2, 0.25) is 0 Å². The maximum Gasteiger partial charge on any atom is 0.294 e. The minimum absolute atomic E-state index is 0.155. The minimum atomic E-state index is -0.155. The molecule has 2 N–H and O–H groups in total. The molecule has 0 atom stereocenters. The van der Waals surface area contributed by atoms with Crippen LogP contribution >= 0.6 is 15.9 Å². The van der Waals surface area contributed by atoms with Gasteiger partial charge in [-0.05, 0) is 58.7 Å². The first kappa shape index (κ1) is 13.7. The van der Waals surface area contributed by atoms with Crippen molar-refractivity contribution in [3.05, 3.63) is 46.8 Å². The van der Waals surface area contributed by atoms with Crippen LogP contribution in [0.25, 0.3) is 0 Å². The molecule has 0 saturated heterocycles. The number of amides is 1. The summed E-state index contributed by atoms with van der Waals surface area (Å²) in [5.74, 6) is 0.162. The molecule has 0 aliphatic carbocycles. The van der Waals surface area contributed by atoms with Crippen LogP contribution in [0, 0.1) is 0 Å². The van der Waals surface area contributed by atoms with Crippen molar-refractivity contribution in [1.82, 2.24) is 0 Å². The fraction of sp³-hybridized carbons (Fsp3) is 0.214.